The van der Waals surface area contributed by atoms with Crippen LogP contribution in [0.2, 0.25) is 18.6 Å². The molecule has 1 nitrogen and oxygen atoms in total. The van der Waals surface area contributed by atoms with Crippen molar-refractivity contribution in [1.82, 2.24) is 4.98 Å². The summed E-state index contributed by atoms with van der Waals surface area (Å²) in [6.45, 7) is 21.4. The van der Waals surface area contributed by atoms with Crippen LogP contribution >= 0.6 is 0 Å². The molecule has 17 heavy (non-hydrogen) atoms. The van der Waals surface area contributed by atoms with Crippen molar-refractivity contribution in [3.63, 3.8) is 0 Å². The minimum Gasteiger partial charge on any atom is -0.332 e. The Morgan fingerprint density at radius 2 is 1.29 bits per heavy atom. The van der Waals surface area contributed by atoms with E-state index in [0.29, 0.717) is 0 Å². The van der Waals surface area contributed by atoms with E-state index in [9.17, 15) is 0 Å². The lowest BCUT2D eigenvalue weighted by Gasteiger charge is -2.42. The molecular weight excluding hydrogens is 222 g/mol. The lowest BCUT2D eigenvalue weighted by Crippen LogP contribution is -2.58. The van der Waals surface area contributed by atoms with E-state index in [-0.39, 0.29) is 5.54 Å². The third-order valence-electron chi connectivity index (χ3n) is 4.60. The Balaban J connectivity index is 2.95. The molecule has 0 radical (unpaired) electrons. The number of hydrogen-bond donors (Lipinski definition) is 1. The van der Waals surface area contributed by atoms with Crippen LogP contribution in [0.25, 0.3) is 0 Å². The molecule has 0 aromatic heterocycles. The molecule has 0 aliphatic heterocycles. The fraction of sp³-hybridized carbons (Fsp3) is 0.867. The maximum Gasteiger partial charge on any atom is 0.124 e. The largest absolute Gasteiger partial charge is 0.332 e. The van der Waals surface area contributed by atoms with Crippen molar-refractivity contribution >= 4 is 8.24 Å². The van der Waals surface area contributed by atoms with Crippen molar-refractivity contribution in [2.24, 2.45) is 11.8 Å². The molecule has 1 aliphatic rings. The molecule has 0 aromatic rings. The summed E-state index contributed by atoms with van der Waals surface area (Å²) < 4.78 is 0. The Bertz CT molecular complexity index is 304. The van der Waals surface area contributed by atoms with Crippen molar-refractivity contribution in [3.05, 3.63) is 11.1 Å². The lowest BCUT2D eigenvalue weighted by atomic mass is 10.0. The van der Waals surface area contributed by atoms with Crippen molar-refractivity contribution in [1.29, 1.82) is 0 Å². The molecule has 1 aliphatic carbocycles. The predicted molar refractivity (Wildman–Crippen MR) is 80.8 cm³/mol. The van der Waals surface area contributed by atoms with E-state index in [1.807, 2.05) is 0 Å². The summed E-state index contributed by atoms with van der Waals surface area (Å²) in [7, 11) is -1.41. The smallest absolute Gasteiger partial charge is 0.124 e. The molecule has 1 rings (SSSR count). The molecular formula is C15H31NSi. The first-order chi connectivity index (χ1) is 7.47. The van der Waals surface area contributed by atoms with E-state index >= 15 is 0 Å². The Kier molecular flexibility index (Phi) is 4.00. The van der Waals surface area contributed by atoms with E-state index < -0.39 is 8.24 Å². The van der Waals surface area contributed by atoms with Gasteiger partial charge in [0, 0.05) is 5.54 Å². The van der Waals surface area contributed by atoms with Crippen LogP contribution in [0.4, 0.5) is 0 Å². The van der Waals surface area contributed by atoms with Gasteiger partial charge in [-0.2, -0.15) is 0 Å². The summed E-state index contributed by atoms with van der Waals surface area (Å²) in [4.78, 5) is 3.95. The van der Waals surface area contributed by atoms with Gasteiger partial charge in [0.1, 0.15) is 8.24 Å². The van der Waals surface area contributed by atoms with Crippen molar-refractivity contribution < 1.29 is 0 Å². The minimum absolute atomic E-state index is 0.236. The summed E-state index contributed by atoms with van der Waals surface area (Å²) in [5.41, 5.74) is 4.35. The zero-order valence-electron chi connectivity index (χ0n) is 13.2. The summed E-state index contributed by atoms with van der Waals surface area (Å²) >= 11 is 0. The summed E-state index contributed by atoms with van der Waals surface area (Å²) in [6, 6.07) is 0. The van der Waals surface area contributed by atoms with Gasteiger partial charge in [0.2, 0.25) is 0 Å². The molecule has 0 fully saturated rings. The summed E-state index contributed by atoms with van der Waals surface area (Å²) in [5.74, 6) is 1.50. The van der Waals surface area contributed by atoms with Crippen molar-refractivity contribution in [2.75, 3.05) is 0 Å². The molecule has 0 spiro atoms. The van der Waals surface area contributed by atoms with Gasteiger partial charge in [0.05, 0.1) is 0 Å². The second kappa shape index (κ2) is 4.54. The van der Waals surface area contributed by atoms with Crippen LogP contribution in [-0.2, 0) is 0 Å². The Morgan fingerprint density at radius 1 is 0.941 bits per heavy atom. The quantitative estimate of drug-likeness (QED) is 0.561. The Hall–Kier alpha value is -0.0831. The third-order valence-corrected chi connectivity index (χ3v) is 8.66. The number of hydrogen-bond acceptors (Lipinski definition) is 1. The van der Waals surface area contributed by atoms with Crippen molar-refractivity contribution in [3.8, 4) is 0 Å². The van der Waals surface area contributed by atoms with E-state index in [2.05, 4.69) is 66.5 Å². The molecule has 100 valence electrons. The molecule has 0 heterocycles. The highest BCUT2D eigenvalue weighted by Crippen LogP contribution is 2.49. The maximum absolute atomic E-state index is 3.95. The van der Waals surface area contributed by atoms with E-state index in [0.717, 1.165) is 17.4 Å². The minimum atomic E-state index is -1.41. The van der Waals surface area contributed by atoms with Crippen LogP contribution in [0, 0.1) is 11.8 Å². The Morgan fingerprint density at radius 3 is 1.59 bits per heavy atom. The molecule has 1 unspecified atom stereocenters. The second-order valence-corrected chi connectivity index (χ2v) is 11.9. The zero-order valence-corrected chi connectivity index (χ0v) is 14.2. The first kappa shape index (κ1) is 15.0. The normalized spacial score (nSPS) is 31.2. The van der Waals surface area contributed by atoms with Crippen LogP contribution in [0.3, 0.4) is 0 Å². The Labute approximate surface area is 109 Å². The van der Waals surface area contributed by atoms with Gasteiger partial charge in [-0.1, -0.05) is 38.1 Å². The number of allylic oxidation sites excluding steroid dienone is 2. The molecule has 1 N–H and O–H groups in total. The maximum atomic E-state index is 3.95. The molecule has 0 bridgehead atoms. The van der Waals surface area contributed by atoms with Gasteiger partial charge in [0.25, 0.3) is 0 Å². The molecule has 2 heteroatoms. The molecule has 3 atom stereocenters. The van der Waals surface area contributed by atoms with Crippen LogP contribution in [0.1, 0.15) is 48.5 Å². The lowest BCUT2D eigenvalue weighted by molar-refractivity contribution is 0.474. The van der Waals surface area contributed by atoms with Crippen LogP contribution in [-0.4, -0.2) is 13.8 Å². The topological polar surface area (TPSA) is 12.0 Å². The summed E-state index contributed by atoms with van der Waals surface area (Å²) in [5, 5.41) is 0. The van der Waals surface area contributed by atoms with Gasteiger partial charge in [0.15, 0.2) is 0 Å². The second-order valence-electron chi connectivity index (χ2n) is 7.57. The fourth-order valence-electron chi connectivity index (χ4n) is 3.99. The highest BCUT2D eigenvalue weighted by atomic mass is 28.3. The summed E-state index contributed by atoms with van der Waals surface area (Å²) in [6.07, 6.45) is 0. The first-order valence-electron chi connectivity index (χ1n) is 6.94. The van der Waals surface area contributed by atoms with Crippen LogP contribution < -0.4 is 4.98 Å². The highest BCUT2D eigenvalue weighted by molar-refractivity contribution is 6.76. The molecule has 0 saturated carbocycles. The SMILES string of the molecule is CC1=C(C)[C@H](C)C([Si](C)(C)NC(C)(C)C)[C@@H]1C. The fourth-order valence-corrected chi connectivity index (χ4v) is 9.09. The van der Waals surface area contributed by atoms with Crippen molar-refractivity contribution in [2.45, 2.75) is 72.6 Å². The van der Waals surface area contributed by atoms with Gasteiger partial charge in [-0.15, -0.1) is 0 Å². The van der Waals surface area contributed by atoms with Gasteiger partial charge >= 0.3 is 0 Å². The first-order valence-corrected chi connectivity index (χ1v) is 10.0. The molecule has 0 saturated heterocycles. The standard InChI is InChI=1S/C15H31NSi/c1-10-11(2)13(4)14(12(10)3)17(8,9)16-15(5,6)7/h12-14,16H,1-9H3/t12-,13+,14?. The van der Waals surface area contributed by atoms with Gasteiger partial charge in [-0.3, -0.25) is 0 Å². The molecule has 0 amide bonds. The van der Waals surface area contributed by atoms with Crippen LogP contribution in [0.5, 0.6) is 0 Å². The van der Waals surface area contributed by atoms with Gasteiger partial charge in [-0.05, 0) is 52.0 Å². The van der Waals surface area contributed by atoms with Gasteiger partial charge in [-0.25, -0.2) is 0 Å². The van der Waals surface area contributed by atoms with E-state index in [4.69, 9.17) is 0 Å². The van der Waals surface area contributed by atoms with E-state index in [1.54, 1.807) is 11.1 Å². The average molecular weight is 254 g/mol. The van der Waals surface area contributed by atoms with Crippen LogP contribution in [0.15, 0.2) is 11.1 Å². The average Bonchev–Trinajstić information content (AvgIpc) is 2.27. The predicted octanol–water partition coefficient (Wildman–Crippen LogP) is 4.57. The van der Waals surface area contributed by atoms with Gasteiger partial charge < -0.3 is 4.98 Å². The third kappa shape index (κ3) is 3.03. The molecule has 0 aromatic carbocycles. The van der Waals surface area contributed by atoms with E-state index in [1.165, 1.54) is 0 Å². The zero-order chi connectivity index (χ0) is 13.6. The number of rotatable bonds is 2. The number of nitrogens with one attached hydrogen (secondary N) is 1. The monoisotopic (exact) mass is 253 g/mol. The highest BCUT2D eigenvalue weighted by Gasteiger charge is 2.45.